The summed E-state index contributed by atoms with van der Waals surface area (Å²) in [6.45, 7) is 1.07. The van der Waals surface area contributed by atoms with Crippen LogP contribution in [0.2, 0.25) is 0 Å². The first-order valence-corrected chi connectivity index (χ1v) is 3.43. The van der Waals surface area contributed by atoms with E-state index in [1.54, 1.807) is 11.0 Å². The molecule has 1 N–H and O–H groups in total. The Hall–Kier alpha value is -0.970. The molecular formula is C5H9N5. The van der Waals surface area contributed by atoms with Gasteiger partial charge in [-0.05, 0) is 29.8 Å². The zero-order valence-corrected chi connectivity index (χ0v) is 5.56. The van der Waals surface area contributed by atoms with Gasteiger partial charge in [0, 0.05) is 0 Å². The van der Waals surface area contributed by atoms with Crippen LogP contribution in [-0.2, 0) is 0 Å². The van der Waals surface area contributed by atoms with Gasteiger partial charge in [-0.25, -0.2) is 4.68 Å². The highest BCUT2D eigenvalue weighted by Gasteiger charge is 2.15. The van der Waals surface area contributed by atoms with Gasteiger partial charge in [0.25, 0.3) is 0 Å². The minimum atomic E-state index is 0.329. The van der Waals surface area contributed by atoms with E-state index >= 15 is 0 Å². The van der Waals surface area contributed by atoms with Gasteiger partial charge in [-0.1, -0.05) is 0 Å². The van der Waals surface area contributed by atoms with Gasteiger partial charge in [0.15, 0.2) is 0 Å². The summed E-state index contributed by atoms with van der Waals surface area (Å²) < 4.78 is 1.76. The minimum absolute atomic E-state index is 0.329. The lowest BCUT2D eigenvalue weighted by Crippen LogP contribution is -2.20. The maximum Gasteiger partial charge on any atom is 0.140 e. The Balaban J connectivity index is 2.12. The van der Waals surface area contributed by atoms with Gasteiger partial charge in [0.1, 0.15) is 12.5 Å². The van der Waals surface area contributed by atoms with Crippen molar-refractivity contribution < 1.29 is 0 Å². The summed E-state index contributed by atoms with van der Waals surface area (Å²) in [6.07, 6.45) is 4.31. The van der Waals surface area contributed by atoms with E-state index in [2.05, 4.69) is 20.8 Å². The molecule has 2 heterocycles. The molecule has 0 aliphatic carbocycles. The van der Waals surface area contributed by atoms with Crippen LogP contribution in [0.1, 0.15) is 19.0 Å². The lowest BCUT2D eigenvalue weighted by atomic mass is 10.3. The maximum absolute atomic E-state index is 3.79. The van der Waals surface area contributed by atoms with Gasteiger partial charge in [0.2, 0.25) is 0 Å². The monoisotopic (exact) mass is 139 g/mol. The van der Waals surface area contributed by atoms with Crippen LogP contribution in [0.3, 0.4) is 0 Å². The van der Waals surface area contributed by atoms with Crippen molar-refractivity contribution in [2.75, 3.05) is 6.54 Å². The van der Waals surface area contributed by atoms with Gasteiger partial charge < -0.3 is 0 Å². The van der Waals surface area contributed by atoms with Crippen molar-refractivity contribution in [2.45, 2.75) is 19.0 Å². The zero-order chi connectivity index (χ0) is 6.81. The summed E-state index contributed by atoms with van der Waals surface area (Å²) in [4.78, 5) is 0. The zero-order valence-electron chi connectivity index (χ0n) is 5.56. The molecule has 0 aromatic carbocycles. The van der Waals surface area contributed by atoms with Gasteiger partial charge in [-0.2, -0.15) is 0 Å². The van der Waals surface area contributed by atoms with E-state index in [1.807, 2.05) is 0 Å². The van der Waals surface area contributed by atoms with Crippen molar-refractivity contribution in [3.63, 3.8) is 0 Å². The molecule has 0 radical (unpaired) electrons. The summed E-state index contributed by atoms with van der Waals surface area (Å²) in [5.41, 5.74) is 0. The van der Waals surface area contributed by atoms with Crippen molar-refractivity contribution >= 4 is 0 Å². The van der Waals surface area contributed by atoms with Crippen molar-refractivity contribution in [3.8, 4) is 0 Å². The largest absolute Gasteiger partial charge is 0.296 e. The molecular weight excluding hydrogens is 130 g/mol. The third-order valence-corrected chi connectivity index (χ3v) is 1.72. The van der Waals surface area contributed by atoms with Gasteiger partial charge in [-0.3, -0.25) is 5.32 Å². The third kappa shape index (κ3) is 0.881. The Labute approximate surface area is 58.4 Å². The van der Waals surface area contributed by atoms with E-state index in [0.29, 0.717) is 6.17 Å². The summed E-state index contributed by atoms with van der Waals surface area (Å²) >= 11 is 0. The van der Waals surface area contributed by atoms with Crippen molar-refractivity contribution in [1.29, 1.82) is 0 Å². The molecule has 54 valence electrons. The Morgan fingerprint density at radius 2 is 2.60 bits per heavy atom. The van der Waals surface area contributed by atoms with Crippen LogP contribution in [0.25, 0.3) is 0 Å². The second kappa shape index (κ2) is 2.34. The SMILES string of the molecule is c1nnnn1C1CCCN1. The molecule has 1 atom stereocenters. The van der Waals surface area contributed by atoms with E-state index in [1.165, 1.54) is 6.42 Å². The lowest BCUT2D eigenvalue weighted by molar-refractivity contribution is 0.414. The number of nitrogens with zero attached hydrogens (tertiary/aromatic N) is 4. The molecule has 1 fully saturated rings. The van der Waals surface area contributed by atoms with Crippen LogP contribution in [0, 0.1) is 0 Å². The predicted molar refractivity (Wildman–Crippen MR) is 34.1 cm³/mol. The summed E-state index contributed by atoms with van der Waals surface area (Å²) in [6, 6.07) is 0. The van der Waals surface area contributed by atoms with E-state index in [9.17, 15) is 0 Å². The maximum atomic E-state index is 3.79. The van der Waals surface area contributed by atoms with Crippen LogP contribution >= 0.6 is 0 Å². The van der Waals surface area contributed by atoms with Gasteiger partial charge >= 0.3 is 0 Å². The van der Waals surface area contributed by atoms with Crippen LogP contribution < -0.4 is 5.32 Å². The van der Waals surface area contributed by atoms with Crippen LogP contribution in [0.5, 0.6) is 0 Å². The molecule has 1 aliphatic heterocycles. The molecule has 0 bridgehead atoms. The fourth-order valence-electron chi connectivity index (χ4n) is 1.20. The number of nitrogens with one attached hydrogen (secondary N) is 1. The molecule has 0 saturated carbocycles. The molecule has 1 aliphatic rings. The number of hydrogen-bond acceptors (Lipinski definition) is 4. The van der Waals surface area contributed by atoms with Crippen LogP contribution in [0.4, 0.5) is 0 Å². The first-order chi connectivity index (χ1) is 4.97. The highest BCUT2D eigenvalue weighted by atomic mass is 15.6. The Kier molecular flexibility index (Phi) is 1.35. The van der Waals surface area contributed by atoms with Gasteiger partial charge in [0.05, 0.1) is 0 Å². The first kappa shape index (κ1) is 5.79. The average molecular weight is 139 g/mol. The fraction of sp³-hybridized carbons (Fsp3) is 0.800. The Bertz CT molecular complexity index is 188. The summed E-state index contributed by atoms with van der Waals surface area (Å²) in [5, 5.41) is 14.2. The minimum Gasteiger partial charge on any atom is -0.296 e. The smallest absolute Gasteiger partial charge is 0.140 e. The predicted octanol–water partition coefficient (Wildman–Crippen LogP) is -0.445. The Morgan fingerprint density at radius 1 is 1.60 bits per heavy atom. The molecule has 5 heteroatoms. The van der Waals surface area contributed by atoms with Crippen molar-refractivity contribution in [1.82, 2.24) is 25.5 Å². The fourth-order valence-corrected chi connectivity index (χ4v) is 1.20. The first-order valence-electron chi connectivity index (χ1n) is 3.43. The van der Waals surface area contributed by atoms with E-state index < -0.39 is 0 Å². The molecule has 5 nitrogen and oxygen atoms in total. The molecule has 0 amide bonds. The number of rotatable bonds is 1. The Morgan fingerprint density at radius 3 is 3.20 bits per heavy atom. The highest BCUT2D eigenvalue weighted by molar-refractivity contribution is 4.69. The quantitative estimate of drug-likeness (QED) is 0.572. The second-order valence-corrected chi connectivity index (χ2v) is 2.40. The third-order valence-electron chi connectivity index (χ3n) is 1.72. The van der Waals surface area contributed by atoms with Crippen LogP contribution in [-0.4, -0.2) is 26.8 Å². The molecule has 1 unspecified atom stereocenters. The average Bonchev–Trinajstić information content (AvgIpc) is 2.59. The van der Waals surface area contributed by atoms with Crippen molar-refractivity contribution in [2.24, 2.45) is 0 Å². The summed E-state index contributed by atoms with van der Waals surface area (Å²) in [7, 11) is 0. The molecule has 1 saturated heterocycles. The molecule has 10 heavy (non-hydrogen) atoms. The van der Waals surface area contributed by atoms with Crippen molar-refractivity contribution in [3.05, 3.63) is 6.33 Å². The standard InChI is InChI=1S/C5H9N5/c1-2-5(6-3-1)10-4-7-8-9-10/h4-6H,1-3H2. The molecule has 2 rings (SSSR count). The number of aromatic nitrogens is 4. The molecule has 1 aromatic rings. The highest BCUT2D eigenvalue weighted by Crippen LogP contribution is 2.13. The van der Waals surface area contributed by atoms with E-state index in [4.69, 9.17) is 0 Å². The number of hydrogen-bond donors (Lipinski definition) is 1. The number of tetrazole rings is 1. The lowest BCUT2D eigenvalue weighted by Gasteiger charge is -2.06. The van der Waals surface area contributed by atoms with E-state index in [-0.39, 0.29) is 0 Å². The van der Waals surface area contributed by atoms with Crippen LogP contribution in [0.15, 0.2) is 6.33 Å². The van der Waals surface area contributed by atoms with E-state index in [0.717, 1.165) is 13.0 Å². The van der Waals surface area contributed by atoms with Gasteiger partial charge in [-0.15, -0.1) is 5.10 Å². The molecule has 0 spiro atoms. The summed E-state index contributed by atoms with van der Waals surface area (Å²) in [5.74, 6) is 0. The topological polar surface area (TPSA) is 55.6 Å². The second-order valence-electron chi connectivity index (χ2n) is 2.40. The normalized spacial score (nSPS) is 25.4. The molecule has 1 aromatic heterocycles.